The molecule has 0 aromatic heterocycles. The normalized spacial score (nSPS) is 9.64. The molecule has 0 aliphatic carbocycles. The lowest BCUT2D eigenvalue weighted by Gasteiger charge is -2.12. The molecule has 0 amide bonds. The van der Waals surface area contributed by atoms with Crippen LogP contribution in [-0.4, -0.2) is 25.6 Å². The monoisotopic (exact) mass is 308 g/mol. The average molecular weight is 308 g/mol. The molecule has 14 heavy (non-hydrogen) atoms. The van der Waals surface area contributed by atoms with Crippen molar-refractivity contribution in [1.29, 1.82) is 0 Å². The van der Waals surface area contributed by atoms with Gasteiger partial charge in [0, 0.05) is 0 Å². The highest BCUT2D eigenvalue weighted by Gasteiger charge is 2.17. The number of hydrogen-bond acceptors (Lipinski definition) is 4. The standard InChI is InChI=1S/C9H9IO4/c1-13-8-6(10)3-5(4-11)7(12)9(8)14-2/h3-4,12H,1-2H3. The summed E-state index contributed by atoms with van der Waals surface area (Å²) in [7, 11) is 2.88. The van der Waals surface area contributed by atoms with Gasteiger partial charge in [-0.15, -0.1) is 0 Å². The Labute approximate surface area is 95.0 Å². The fourth-order valence-corrected chi connectivity index (χ4v) is 1.89. The van der Waals surface area contributed by atoms with Crippen LogP contribution in [-0.2, 0) is 0 Å². The minimum absolute atomic E-state index is 0.182. The lowest BCUT2D eigenvalue weighted by atomic mass is 10.2. The van der Waals surface area contributed by atoms with Crippen molar-refractivity contribution in [2.75, 3.05) is 14.2 Å². The predicted molar refractivity (Wildman–Crippen MR) is 59.3 cm³/mol. The molecular weight excluding hydrogens is 299 g/mol. The number of halogens is 1. The second-order valence-corrected chi connectivity index (χ2v) is 3.64. The Kier molecular flexibility index (Phi) is 3.56. The summed E-state index contributed by atoms with van der Waals surface area (Å²) in [6.07, 6.45) is 0.569. The first-order valence-corrected chi connectivity index (χ1v) is 4.82. The summed E-state index contributed by atoms with van der Waals surface area (Å²) >= 11 is 2.00. The molecule has 0 fully saturated rings. The Morgan fingerprint density at radius 2 is 1.93 bits per heavy atom. The zero-order chi connectivity index (χ0) is 10.7. The zero-order valence-electron chi connectivity index (χ0n) is 7.70. The largest absolute Gasteiger partial charge is 0.504 e. The molecular formula is C9H9IO4. The summed E-state index contributed by atoms with van der Waals surface area (Å²) in [5.74, 6) is 0.414. The van der Waals surface area contributed by atoms with E-state index in [4.69, 9.17) is 9.47 Å². The summed E-state index contributed by atoms with van der Waals surface area (Å²) in [6, 6.07) is 1.53. The van der Waals surface area contributed by atoms with E-state index in [9.17, 15) is 9.90 Å². The SMILES string of the molecule is COc1c(I)cc(C=O)c(O)c1OC. The summed E-state index contributed by atoms with van der Waals surface area (Å²) < 4.78 is 10.7. The van der Waals surface area contributed by atoms with Gasteiger partial charge in [0.25, 0.3) is 0 Å². The van der Waals surface area contributed by atoms with Gasteiger partial charge < -0.3 is 14.6 Å². The maximum atomic E-state index is 10.6. The van der Waals surface area contributed by atoms with Gasteiger partial charge in [-0.2, -0.15) is 0 Å². The van der Waals surface area contributed by atoms with Crippen LogP contribution in [0, 0.1) is 3.57 Å². The van der Waals surface area contributed by atoms with Crippen molar-refractivity contribution in [2.45, 2.75) is 0 Å². The molecule has 1 aromatic rings. The number of phenols is 1. The van der Waals surface area contributed by atoms with Crippen molar-refractivity contribution in [3.05, 3.63) is 15.2 Å². The molecule has 0 aliphatic rings. The van der Waals surface area contributed by atoms with Gasteiger partial charge in [-0.25, -0.2) is 0 Å². The molecule has 76 valence electrons. The van der Waals surface area contributed by atoms with Crippen LogP contribution < -0.4 is 9.47 Å². The fourth-order valence-electron chi connectivity index (χ4n) is 1.09. The Morgan fingerprint density at radius 1 is 1.36 bits per heavy atom. The number of carbonyl (C=O) groups is 1. The molecule has 0 heterocycles. The van der Waals surface area contributed by atoms with Gasteiger partial charge in [-0.05, 0) is 28.7 Å². The number of benzene rings is 1. The first kappa shape index (κ1) is 11.1. The van der Waals surface area contributed by atoms with Crippen LogP contribution in [0.2, 0.25) is 0 Å². The quantitative estimate of drug-likeness (QED) is 0.684. The van der Waals surface area contributed by atoms with E-state index in [2.05, 4.69) is 0 Å². The average Bonchev–Trinajstić information content (AvgIpc) is 2.20. The lowest BCUT2D eigenvalue weighted by molar-refractivity contribution is 0.112. The summed E-state index contributed by atoms with van der Waals surface area (Å²) in [4.78, 5) is 10.6. The minimum atomic E-state index is -0.195. The number of ether oxygens (including phenoxy) is 2. The number of phenolic OH excluding ortho intramolecular Hbond substituents is 1. The van der Waals surface area contributed by atoms with Crippen LogP contribution in [0.5, 0.6) is 17.2 Å². The maximum Gasteiger partial charge on any atom is 0.204 e. The third-order valence-electron chi connectivity index (χ3n) is 1.73. The van der Waals surface area contributed by atoms with E-state index in [-0.39, 0.29) is 17.1 Å². The third-order valence-corrected chi connectivity index (χ3v) is 2.53. The molecule has 0 spiro atoms. The Morgan fingerprint density at radius 3 is 2.36 bits per heavy atom. The Balaban J connectivity index is 3.47. The highest BCUT2D eigenvalue weighted by molar-refractivity contribution is 14.1. The van der Waals surface area contributed by atoms with Crippen LogP contribution >= 0.6 is 22.6 Å². The van der Waals surface area contributed by atoms with Gasteiger partial charge in [-0.3, -0.25) is 4.79 Å². The van der Waals surface area contributed by atoms with Gasteiger partial charge in [0.15, 0.2) is 17.8 Å². The molecule has 4 nitrogen and oxygen atoms in total. The highest BCUT2D eigenvalue weighted by Crippen LogP contribution is 2.41. The van der Waals surface area contributed by atoms with Crippen molar-refractivity contribution >= 4 is 28.9 Å². The molecule has 5 heteroatoms. The number of aromatic hydroxyl groups is 1. The van der Waals surface area contributed by atoms with Gasteiger partial charge in [0.05, 0.1) is 23.4 Å². The van der Waals surface area contributed by atoms with Gasteiger partial charge in [0.2, 0.25) is 5.75 Å². The van der Waals surface area contributed by atoms with E-state index in [0.29, 0.717) is 15.6 Å². The van der Waals surface area contributed by atoms with Gasteiger partial charge >= 0.3 is 0 Å². The molecule has 1 aromatic carbocycles. The molecule has 0 bridgehead atoms. The number of aldehydes is 1. The second kappa shape index (κ2) is 4.50. The van der Waals surface area contributed by atoms with Gasteiger partial charge in [0.1, 0.15) is 0 Å². The summed E-state index contributed by atoms with van der Waals surface area (Å²) in [6.45, 7) is 0. The molecule has 0 radical (unpaired) electrons. The number of rotatable bonds is 3. The predicted octanol–water partition coefficient (Wildman–Crippen LogP) is 1.83. The third kappa shape index (κ3) is 1.77. The van der Waals surface area contributed by atoms with Crippen LogP contribution in [0.25, 0.3) is 0 Å². The summed E-state index contributed by atoms with van der Waals surface area (Å²) in [5.41, 5.74) is 0.187. The van der Waals surface area contributed by atoms with E-state index in [1.54, 1.807) is 0 Å². The van der Waals surface area contributed by atoms with E-state index in [1.165, 1.54) is 20.3 Å². The van der Waals surface area contributed by atoms with Crippen LogP contribution in [0.4, 0.5) is 0 Å². The van der Waals surface area contributed by atoms with Crippen LogP contribution in [0.15, 0.2) is 6.07 Å². The smallest absolute Gasteiger partial charge is 0.204 e. The second-order valence-electron chi connectivity index (χ2n) is 2.48. The molecule has 0 unspecified atom stereocenters. The number of hydrogen-bond donors (Lipinski definition) is 1. The lowest BCUT2D eigenvalue weighted by Crippen LogP contribution is -1.96. The Hall–Kier alpha value is -0.980. The maximum absolute atomic E-state index is 10.6. The van der Waals surface area contributed by atoms with Gasteiger partial charge in [-0.1, -0.05) is 0 Å². The molecule has 1 N–H and O–H groups in total. The molecule has 1 rings (SSSR count). The highest BCUT2D eigenvalue weighted by atomic mass is 127. The van der Waals surface area contributed by atoms with Crippen molar-refractivity contribution in [1.82, 2.24) is 0 Å². The first-order chi connectivity index (χ1) is 6.65. The van der Waals surface area contributed by atoms with Crippen LogP contribution in [0.1, 0.15) is 10.4 Å². The number of carbonyl (C=O) groups excluding carboxylic acids is 1. The van der Waals surface area contributed by atoms with Crippen molar-refractivity contribution in [3.63, 3.8) is 0 Å². The van der Waals surface area contributed by atoms with Crippen molar-refractivity contribution in [3.8, 4) is 17.2 Å². The Bertz CT molecular complexity index is 362. The first-order valence-electron chi connectivity index (χ1n) is 3.74. The topological polar surface area (TPSA) is 55.8 Å². The molecule has 0 saturated heterocycles. The van der Waals surface area contributed by atoms with E-state index < -0.39 is 0 Å². The fraction of sp³-hybridized carbons (Fsp3) is 0.222. The van der Waals surface area contributed by atoms with Crippen molar-refractivity contribution in [2.24, 2.45) is 0 Å². The van der Waals surface area contributed by atoms with E-state index in [1.807, 2.05) is 22.6 Å². The van der Waals surface area contributed by atoms with E-state index >= 15 is 0 Å². The van der Waals surface area contributed by atoms with Crippen molar-refractivity contribution < 1.29 is 19.4 Å². The zero-order valence-corrected chi connectivity index (χ0v) is 9.86. The van der Waals surface area contributed by atoms with Crippen LogP contribution in [0.3, 0.4) is 0 Å². The molecule has 0 saturated carbocycles. The minimum Gasteiger partial charge on any atom is -0.504 e. The molecule has 0 atom stereocenters. The number of methoxy groups -OCH3 is 2. The summed E-state index contributed by atoms with van der Waals surface area (Å²) in [5, 5.41) is 9.59. The molecule has 0 aliphatic heterocycles. The van der Waals surface area contributed by atoms with E-state index in [0.717, 1.165) is 0 Å².